The van der Waals surface area contributed by atoms with Crippen LogP contribution in [0.2, 0.25) is 0 Å². The number of H-pyrrole nitrogens is 1. The van der Waals surface area contributed by atoms with Gasteiger partial charge < -0.3 is 20.8 Å². The first-order valence-electron chi connectivity index (χ1n) is 8.63. The van der Waals surface area contributed by atoms with E-state index in [1.807, 2.05) is 25.3 Å². The molecular weight excluding hydrogens is 302 g/mol. The molecule has 1 aromatic heterocycles. The number of nitrogens with one attached hydrogen (secondary N) is 2. The summed E-state index contributed by atoms with van der Waals surface area (Å²) in [6, 6.07) is 8.23. The van der Waals surface area contributed by atoms with Crippen LogP contribution >= 0.6 is 0 Å². The van der Waals surface area contributed by atoms with E-state index in [0.29, 0.717) is 6.54 Å². The predicted octanol–water partition coefficient (Wildman–Crippen LogP) is 2.50. The Hall–Kier alpha value is -1.85. The third-order valence-corrected chi connectivity index (χ3v) is 5.13. The highest BCUT2D eigenvalue weighted by Crippen LogP contribution is 2.31. The number of benzene rings is 1. The highest BCUT2D eigenvalue weighted by molar-refractivity contribution is 5.83. The molecule has 1 unspecified atom stereocenters. The van der Waals surface area contributed by atoms with E-state index in [-0.39, 0.29) is 5.97 Å². The number of methoxy groups -OCH3 is 1. The molecule has 1 aromatic carbocycles. The monoisotopic (exact) mass is 329 g/mol. The van der Waals surface area contributed by atoms with E-state index in [4.69, 9.17) is 10.5 Å². The lowest BCUT2D eigenvalue weighted by Crippen LogP contribution is -2.58. The van der Waals surface area contributed by atoms with E-state index >= 15 is 0 Å². The van der Waals surface area contributed by atoms with Crippen molar-refractivity contribution in [3.8, 4) is 0 Å². The number of hydrogen-bond acceptors (Lipinski definition) is 4. The summed E-state index contributed by atoms with van der Waals surface area (Å²) in [6.07, 6.45) is 6.51. The molecule has 5 heteroatoms. The molecule has 1 aliphatic rings. The van der Waals surface area contributed by atoms with Gasteiger partial charge in [0.1, 0.15) is 5.54 Å². The van der Waals surface area contributed by atoms with Gasteiger partial charge in [0.15, 0.2) is 0 Å². The van der Waals surface area contributed by atoms with E-state index in [1.165, 1.54) is 18.1 Å². The number of carbonyl (C=O) groups excluding carboxylic acids is 1. The summed E-state index contributed by atoms with van der Waals surface area (Å²) in [5.41, 5.74) is 7.87. The molecule has 0 aliphatic heterocycles. The standard InChI is InChI=1S/C19H27N3O2/c1-18(20,11-14-12-21-16-8-4-3-7-15(14)16)13-22-19(17(23)24-2)9-5-6-10-19/h3-4,7-8,12,21-22H,5-6,9-11,13,20H2,1-2H3. The van der Waals surface area contributed by atoms with Gasteiger partial charge in [0.05, 0.1) is 7.11 Å². The maximum absolute atomic E-state index is 12.2. The molecule has 0 saturated heterocycles. The molecule has 4 N–H and O–H groups in total. The van der Waals surface area contributed by atoms with Gasteiger partial charge in [0.25, 0.3) is 0 Å². The van der Waals surface area contributed by atoms with Crippen LogP contribution < -0.4 is 11.1 Å². The van der Waals surface area contributed by atoms with E-state index < -0.39 is 11.1 Å². The summed E-state index contributed by atoms with van der Waals surface area (Å²) < 4.78 is 5.02. The Labute approximate surface area is 142 Å². The molecule has 1 atom stereocenters. The van der Waals surface area contributed by atoms with Crippen LogP contribution in [-0.4, -0.2) is 35.7 Å². The molecule has 0 spiro atoms. The lowest BCUT2D eigenvalue weighted by molar-refractivity contribution is -0.148. The first-order chi connectivity index (χ1) is 11.5. The minimum absolute atomic E-state index is 0.164. The maximum atomic E-state index is 12.2. The Bertz CT molecular complexity index is 714. The summed E-state index contributed by atoms with van der Waals surface area (Å²) in [6.45, 7) is 2.60. The van der Waals surface area contributed by atoms with Crippen LogP contribution in [0.5, 0.6) is 0 Å². The van der Waals surface area contributed by atoms with Crippen molar-refractivity contribution >= 4 is 16.9 Å². The summed E-state index contributed by atoms with van der Waals surface area (Å²) >= 11 is 0. The van der Waals surface area contributed by atoms with Crippen LogP contribution in [0.1, 0.15) is 38.2 Å². The van der Waals surface area contributed by atoms with Gasteiger partial charge in [-0.1, -0.05) is 31.0 Å². The molecule has 24 heavy (non-hydrogen) atoms. The van der Waals surface area contributed by atoms with Crippen LogP contribution in [0.4, 0.5) is 0 Å². The number of ether oxygens (including phenoxy) is 1. The van der Waals surface area contributed by atoms with Crippen molar-refractivity contribution in [2.45, 2.75) is 50.1 Å². The van der Waals surface area contributed by atoms with Gasteiger partial charge in [-0.3, -0.25) is 4.79 Å². The van der Waals surface area contributed by atoms with Crippen LogP contribution in [0.3, 0.4) is 0 Å². The second kappa shape index (κ2) is 6.57. The molecule has 3 rings (SSSR count). The van der Waals surface area contributed by atoms with Crippen molar-refractivity contribution in [3.63, 3.8) is 0 Å². The van der Waals surface area contributed by atoms with Crippen LogP contribution in [-0.2, 0) is 16.0 Å². The first kappa shape index (κ1) is 17.0. The van der Waals surface area contributed by atoms with Crippen molar-refractivity contribution in [1.29, 1.82) is 0 Å². The number of fused-ring (bicyclic) bond motifs is 1. The number of esters is 1. The first-order valence-corrected chi connectivity index (χ1v) is 8.63. The number of nitrogens with two attached hydrogens (primary N) is 1. The summed E-state index contributed by atoms with van der Waals surface area (Å²) in [5, 5.41) is 4.64. The van der Waals surface area contributed by atoms with Crippen molar-refractivity contribution in [3.05, 3.63) is 36.0 Å². The number of rotatable bonds is 6. The Kier molecular flexibility index (Phi) is 4.65. The second-order valence-electron chi connectivity index (χ2n) is 7.32. The van der Waals surface area contributed by atoms with Gasteiger partial charge in [0.2, 0.25) is 0 Å². The molecule has 0 amide bonds. The predicted molar refractivity (Wildman–Crippen MR) is 95.8 cm³/mol. The fourth-order valence-electron chi connectivity index (χ4n) is 3.77. The highest BCUT2D eigenvalue weighted by Gasteiger charge is 2.42. The van der Waals surface area contributed by atoms with Gasteiger partial charge in [-0.25, -0.2) is 0 Å². The molecular formula is C19H27N3O2. The molecule has 5 nitrogen and oxygen atoms in total. The third kappa shape index (κ3) is 3.32. The van der Waals surface area contributed by atoms with Crippen LogP contribution in [0, 0.1) is 0 Å². The molecule has 1 aliphatic carbocycles. The third-order valence-electron chi connectivity index (χ3n) is 5.13. The molecule has 0 bridgehead atoms. The topological polar surface area (TPSA) is 80.1 Å². The number of carbonyl (C=O) groups is 1. The zero-order chi connectivity index (χ0) is 17.2. The quantitative estimate of drug-likeness (QED) is 0.711. The lowest BCUT2D eigenvalue weighted by Gasteiger charge is -2.33. The minimum Gasteiger partial charge on any atom is -0.468 e. The summed E-state index contributed by atoms with van der Waals surface area (Å²) in [4.78, 5) is 15.5. The average molecular weight is 329 g/mol. The van der Waals surface area contributed by atoms with E-state index in [2.05, 4.69) is 22.4 Å². The summed E-state index contributed by atoms with van der Waals surface area (Å²) in [7, 11) is 1.46. The SMILES string of the molecule is COC(=O)C1(NCC(C)(N)Cc2c[nH]c3ccccc23)CCCC1. The fourth-order valence-corrected chi connectivity index (χ4v) is 3.77. The lowest BCUT2D eigenvalue weighted by atomic mass is 9.90. The number of aromatic nitrogens is 1. The van der Waals surface area contributed by atoms with Crippen molar-refractivity contribution in [2.24, 2.45) is 5.73 Å². The average Bonchev–Trinajstić information content (AvgIpc) is 3.21. The van der Waals surface area contributed by atoms with Crippen molar-refractivity contribution in [1.82, 2.24) is 10.3 Å². The number of aromatic amines is 1. The second-order valence-corrected chi connectivity index (χ2v) is 7.32. The zero-order valence-electron chi connectivity index (χ0n) is 14.5. The van der Waals surface area contributed by atoms with E-state index in [0.717, 1.165) is 37.6 Å². The Morgan fingerprint density at radius 2 is 2.08 bits per heavy atom. The maximum Gasteiger partial charge on any atom is 0.326 e. The zero-order valence-corrected chi connectivity index (χ0v) is 14.5. The van der Waals surface area contributed by atoms with Gasteiger partial charge >= 0.3 is 5.97 Å². The smallest absolute Gasteiger partial charge is 0.326 e. The van der Waals surface area contributed by atoms with Gasteiger partial charge in [-0.05, 0) is 37.8 Å². The fraction of sp³-hybridized carbons (Fsp3) is 0.526. The molecule has 1 heterocycles. The molecule has 1 fully saturated rings. The summed E-state index contributed by atoms with van der Waals surface area (Å²) in [5.74, 6) is -0.164. The Morgan fingerprint density at radius 1 is 1.38 bits per heavy atom. The molecule has 2 aromatic rings. The normalized spacial score (nSPS) is 19.3. The molecule has 1 saturated carbocycles. The van der Waals surface area contributed by atoms with Crippen LogP contribution in [0.25, 0.3) is 10.9 Å². The number of hydrogen-bond donors (Lipinski definition) is 3. The van der Waals surface area contributed by atoms with E-state index in [9.17, 15) is 4.79 Å². The Morgan fingerprint density at radius 3 is 2.79 bits per heavy atom. The number of para-hydroxylation sites is 1. The highest BCUT2D eigenvalue weighted by atomic mass is 16.5. The van der Waals surface area contributed by atoms with Crippen molar-refractivity contribution in [2.75, 3.05) is 13.7 Å². The van der Waals surface area contributed by atoms with E-state index in [1.54, 1.807) is 0 Å². The minimum atomic E-state index is -0.560. The van der Waals surface area contributed by atoms with Gasteiger partial charge in [-0.2, -0.15) is 0 Å². The van der Waals surface area contributed by atoms with Gasteiger partial charge in [-0.15, -0.1) is 0 Å². The molecule has 0 radical (unpaired) electrons. The Balaban J connectivity index is 1.70. The molecule has 130 valence electrons. The van der Waals surface area contributed by atoms with Gasteiger partial charge in [0, 0.05) is 29.2 Å². The van der Waals surface area contributed by atoms with Crippen LogP contribution in [0.15, 0.2) is 30.5 Å². The largest absolute Gasteiger partial charge is 0.468 e. The van der Waals surface area contributed by atoms with Crippen molar-refractivity contribution < 1.29 is 9.53 Å².